The molecule has 0 aliphatic heterocycles. The summed E-state index contributed by atoms with van der Waals surface area (Å²) < 4.78 is 0. The molecule has 0 fully saturated rings. The molecule has 0 aromatic heterocycles. The lowest BCUT2D eigenvalue weighted by molar-refractivity contribution is 0.276. The topological polar surface area (TPSA) is 32.3 Å². The minimum atomic E-state index is -0.101. The molecule has 0 aliphatic carbocycles. The van der Waals surface area contributed by atoms with Crippen molar-refractivity contribution in [2.45, 2.75) is 13.0 Å². The molecule has 2 heteroatoms. The van der Waals surface area contributed by atoms with E-state index >= 15 is 0 Å². The highest BCUT2D eigenvalue weighted by atomic mass is 16.3. The van der Waals surface area contributed by atoms with Crippen molar-refractivity contribution in [1.29, 1.82) is 0 Å². The zero-order valence-corrected chi connectivity index (χ0v) is 12.1. The van der Waals surface area contributed by atoms with Gasteiger partial charge in [0.15, 0.2) is 0 Å². The monoisotopic (exact) mass is 277 g/mol. The van der Waals surface area contributed by atoms with Gasteiger partial charge in [0.1, 0.15) is 0 Å². The Kier molecular flexibility index (Phi) is 3.89. The molecule has 0 aliphatic rings. The second kappa shape index (κ2) is 5.98. The van der Waals surface area contributed by atoms with Gasteiger partial charge in [-0.1, -0.05) is 48.5 Å². The second-order valence-electron chi connectivity index (χ2n) is 5.36. The minimum absolute atomic E-state index is 0.0618. The van der Waals surface area contributed by atoms with E-state index in [2.05, 4.69) is 54.7 Å². The lowest BCUT2D eigenvalue weighted by Gasteiger charge is -2.19. The van der Waals surface area contributed by atoms with E-state index in [1.807, 2.05) is 24.3 Å². The third-order valence-corrected chi connectivity index (χ3v) is 3.72. The molecule has 3 rings (SSSR count). The standard InChI is InChI=1S/C19H19NO/c1-14-5-4-8-18(11-14)20-19(13-21)17-10-9-15-6-2-3-7-16(15)12-17/h2-12,19-21H,13H2,1H3. The van der Waals surface area contributed by atoms with E-state index in [9.17, 15) is 5.11 Å². The number of benzene rings is 3. The lowest BCUT2D eigenvalue weighted by atomic mass is 10.0. The van der Waals surface area contributed by atoms with E-state index < -0.39 is 0 Å². The molecule has 0 amide bonds. The molecule has 0 heterocycles. The van der Waals surface area contributed by atoms with Gasteiger partial charge in [-0.2, -0.15) is 0 Å². The molecule has 21 heavy (non-hydrogen) atoms. The summed E-state index contributed by atoms with van der Waals surface area (Å²) in [6.45, 7) is 2.13. The average molecular weight is 277 g/mol. The number of anilines is 1. The van der Waals surface area contributed by atoms with Crippen LogP contribution in [0.2, 0.25) is 0 Å². The van der Waals surface area contributed by atoms with Gasteiger partial charge in [-0.25, -0.2) is 0 Å². The maximum atomic E-state index is 9.72. The maximum Gasteiger partial charge on any atom is 0.0745 e. The van der Waals surface area contributed by atoms with Gasteiger partial charge in [0, 0.05) is 5.69 Å². The van der Waals surface area contributed by atoms with Crippen LogP contribution in [0.3, 0.4) is 0 Å². The minimum Gasteiger partial charge on any atom is -0.394 e. The number of aryl methyl sites for hydroxylation is 1. The maximum absolute atomic E-state index is 9.72. The SMILES string of the molecule is Cc1cccc(NC(CO)c2ccc3ccccc3c2)c1. The highest BCUT2D eigenvalue weighted by Gasteiger charge is 2.10. The number of hydrogen-bond donors (Lipinski definition) is 2. The number of hydrogen-bond acceptors (Lipinski definition) is 2. The Labute approximate surface area is 125 Å². The summed E-state index contributed by atoms with van der Waals surface area (Å²) in [5.74, 6) is 0. The van der Waals surface area contributed by atoms with E-state index in [-0.39, 0.29) is 12.6 Å². The van der Waals surface area contributed by atoms with Crippen molar-refractivity contribution < 1.29 is 5.11 Å². The van der Waals surface area contributed by atoms with Gasteiger partial charge in [0.2, 0.25) is 0 Å². The normalized spacial score (nSPS) is 12.3. The highest BCUT2D eigenvalue weighted by molar-refractivity contribution is 5.83. The summed E-state index contributed by atoms with van der Waals surface area (Å²) >= 11 is 0. The molecule has 3 aromatic carbocycles. The summed E-state index contributed by atoms with van der Waals surface area (Å²) in [7, 11) is 0. The van der Waals surface area contributed by atoms with Crippen molar-refractivity contribution in [3.8, 4) is 0 Å². The molecule has 2 N–H and O–H groups in total. The molecule has 0 saturated carbocycles. The molecule has 0 spiro atoms. The van der Waals surface area contributed by atoms with Crippen LogP contribution < -0.4 is 5.32 Å². The van der Waals surface area contributed by atoms with E-state index in [1.54, 1.807) is 0 Å². The summed E-state index contributed by atoms with van der Waals surface area (Å²) in [4.78, 5) is 0. The van der Waals surface area contributed by atoms with Crippen molar-refractivity contribution in [2.24, 2.45) is 0 Å². The third kappa shape index (κ3) is 3.06. The Morgan fingerprint density at radius 2 is 1.71 bits per heavy atom. The largest absolute Gasteiger partial charge is 0.394 e. The fourth-order valence-corrected chi connectivity index (χ4v) is 2.59. The molecule has 1 unspecified atom stereocenters. The quantitative estimate of drug-likeness (QED) is 0.745. The smallest absolute Gasteiger partial charge is 0.0745 e. The molecule has 0 radical (unpaired) electrons. The summed E-state index contributed by atoms with van der Waals surface area (Å²) in [5, 5.41) is 15.5. The van der Waals surface area contributed by atoms with Gasteiger partial charge in [0.05, 0.1) is 12.6 Å². The van der Waals surface area contributed by atoms with Crippen molar-refractivity contribution in [1.82, 2.24) is 0 Å². The van der Waals surface area contributed by atoms with Crippen LogP contribution in [0.4, 0.5) is 5.69 Å². The fourth-order valence-electron chi connectivity index (χ4n) is 2.59. The van der Waals surface area contributed by atoms with Gasteiger partial charge in [0.25, 0.3) is 0 Å². The van der Waals surface area contributed by atoms with Crippen LogP contribution in [-0.4, -0.2) is 11.7 Å². The predicted molar refractivity (Wildman–Crippen MR) is 88.6 cm³/mol. The van der Waals surface area contributed by atoms with Crippen LogP contribution in [-0.2, 0) is 0 Å². The van der Waals surface area contributed by atoms with Crippen LogP contribution in [0.1, 0.15) is 17.2 Å². The van der Waals surface area contributed by atoms with Gasteiger partial charge in [-0.15, -0.1) is 0 Å². The Morgan fingerprint density at radius 3 is 2.48 bits per heavy atom. The molecule has 0 saturated heterocycles. The average Bonchev–Trinajstić information content (AvgIpc) is 2.52. The van der Waals surface area contributed by atoms with Crippen LogP contribution in [0, 0.1) is 6.92 Å². The molecule has 3 aromatic rings. The van der Waals surface area contributed by atoms with Gasteiger partial charge >= 0.3 is 0 Å². The number of nitrogens with one attached hydrogen (secondary N) is 1. The summed E-state index contributed by atoms with van der Waals surface area (Å²) in [5.41, 5.74) is 3.33. The van der Waals surface area contributed by atoms with Crippen LogP contribution in [0.15, 0.2) is 66.7 Å². The Hall–Kier alpha value is -2.32. The summed E-state index contributed by atoms with van der Waals surface area (Å²) in [6.07, 6.45) is 0. The molecule has 1 atom stereocenters. The Bertz CT molecular complexity index is 751. The van der Waals surface area contributed by atoms with E-state index in [1.165, 1.54) is 16.3 Å². The van der Waals surface area contributed by atoms with Crippen molar-refractivity contribution in [3.05, 3.63) is 77.9 Å². The number of aliphatic hydroxyl groups excluding tert-OH is 1. The van der Waals surface area contributed by atoms with E-state index in [0.29, 0.717) is 0 Å². The molecule has 106 valence electrons. The van der Waals surface area contributed by atoms with Crippen LogP contribution in [0.25, 0.3) is 10.8 Å². The fraction of sp³-hybridized carbons (Fsp3) is 0.158. The zero-order valence-electron chi connectivity index (χ0n) is 12.1. The van der Waals surface area contributed by atoms with E-state index in [4.69, 9.17) is 0 Å². The lowest BCUT2D eigenvalue weighted by Crippen LogP contribution is -2.14. The van der Waals surface area contributed by atoms with E-state index in [0.717, 1.165) is 11.3 Å². The van der Waals surface area contributed by atoms with Crippen molar-refractivity contribution in [2.75, 3.05) is 11.9 Å². The molecule has 2 nitrogen and oxygen atoms in total. The van der Waals surface area contributed by atoms with Crippen molar-refractivity contribution in [3.63, 3.8) is 0 Å². The van der Waals surface area contributed by atoms with Gasteiger partial charge < -0.3 is 10.4 Å². The molecule has 0 bridgehead atoms. The van der Waals surface area contributed by atoms with Gasteiger partial charge in [-0.3, -0.25) is 0 Å². The number of rotatable bonds is 4. The van der Waals surface area contributed by atoms with Crippen LogP contribution >= 0.6 is 0 Å². The van der Waals surface area contributed by atoms with Gasteiger partial charge in [-0.05, 0) is 47.0 Å². The molecular weight excluding hydrogens is 258 g/mol. The first-order valence-corrected chi connectivity index (χ1v) is 7.19. The van der Waals surface area contributed by atoms with Crippen LogP contribution in [0.5, 0.6) is 0 Å². The zero-order chi connectivity index (χ0) is 14.7. The first-order chi connectivity index (χ1) is 10.3. The number of aliphatic hydroxyl groups is 1. The second-order valence-corrected chi connectivity index (χ2v) is 5.36. The predicted octanol–water partition coefficient (Wildman–Crippen LogP) is 4.29. The number of fused-ring (bicyclic) bond motifs is 1. The Morgan fingerprint density at radius 1 is 0.905 bits per heavy atom. The Balaban J connectivity index is 1.90. The highest BCUT2D eigenvalue weighted by Crippen LogP contribution is 2.24. The summed E-state index contributed by atoms with van der Waals surface area (Å²) in [6, 6.07) is 22.7. The first-order valence-electron chi connectivity index (χ1n) is 7.19. The third-order valence-electron chi connectivity index (χ3n) is 3.72. The first kappa shape index (κ1) is 13.7. The molecular formula is C19H19NO. The van der Waals surface area contributed by atoms with Crippen molar-refractivity contribution >= 4 is 16.5 Å².